The topological polar surface area (TPSA) is 48.5 Å². The zero-order valence-corrected chi connectivity index (χ0v) is 32.4. The van der Waals surface area contributed by atoms with Gasteiger partial charge in [0, 0.05) is 48.1 Å². The molecule has 0 saturated heterocycles. The van der Waals surface area contributed by atoms with Crippen LogP contribution in [0.1, 0.15) is 0 Å². The lowest BCUT2D eigenvalue weighted by Gasteiger charge is -2.12. The van der Waals surface area contributed by atoms with Crippen molar-refractivity contribution < 1.29 is 0 Å². The first-order chi connectivity index (χ1) is 29.3. The number of aromatic nitrogens is 5. The summed E-state index contributed by atoms with van der Waals surface area (Å²) in [5.41, 5.74) is 10.0. The molecule has 13 rings (SSSR count). The van der Waals surface area contributed by atoms with Gasteiger partial charge in [-0.25, -0.2) is 4.98 Å². The van der Waals surface area contributed by atoms with Gasteiger partial charge in [0.05, 0.1) is 32.5 Å². The lowest BCUT2D eigenvalue weighted by Crippen LogP contribution is -2.06. The summed E-state index contributed by atoms with van der Waals surface area (Å²) in [5, 5.41) is 10.00. The van der Waals surface area contributed by atoms with Crippen LogP contribution in [-0.4, -0.2) is 24.1 Å². The zero-order chi connectivity index (χ0) is 38.6. The fourth-order valence-electron chi connectivity index (χ4n) is 9.36. The fraction of sp³-hybridized carbons (Fsp3) is 0. The predicted molar refractivity (Wildman–Crippen MR) is 246 cm³/mol. The van der Waals surface area contributed by atoms with Crippen LogP contribution in [-0.2, 0) is 0 Å². The molecular formula is C53H31N5S. The molecule has 0 aliphatic heterocycles. The number of thiophene rings is 1. The smallest absolute Gasteiger partial charge is 0.238 e. The molecule has 0 saturated carbocycles. The number of benzene rings is 9. The lowest BCUT2D eigenvalue weighted by molar-refractivity contribution is 0.953. The van der Waals surface area contributed by atoms with E-state index in [1.165, 1.54) is 69.6 Å². The van der Waals surface area contributed by atoms with Crippen LogP contribution in [0.15, 0.2) is 188 Å². The molecule has 0 bridgehead atoms. The van der Waals surface area contributed by atoms with Gasteiger partial charge in [-0.1, -0.05) is 146 Å². The Bertz CT molecular complexity index is 3730. The molecule has 0 aliphatic rings. The maximum absolute atomic E-state index is 5.14. The van der Waals surface area contributed by atoms with Gasteiger partial charge in [0.25, 0.3) is 0 Å². The average Bonchev–Trinajstić information content (AvgIpc) is 3.97. The summed E-state index contributed by atoms with van der Waals surface area (Å²) in [6.07, 6.45) is 0. The number of hydrogen-bond acceptors (Lipinski definition) is 4. The van der Waals surface area contributed by atoms with E-state index in [2.05, 4.69) is 161 Å². The predicted octanol–water partition coefficient (Wildman–Crippen LogP) is 14.0. The number of rotatable bonds is 5. The molecule has 0 N–H and O–H groups in total. The first-order valence-electron chi connectivity index (χ1n) is 19.9. The highest BCUT2D eigenvalue weighted by atomic mass is 32.1. The second-order valence-electron chi connectivity index (χ2n) is 15.2. The Morgan fingerprint density at radius 3 is 1.83 bits per heavy atom. The van der Waals surface area contributed by atoms with Gasteiger partial charge in [-0.15, -0.1) is 11.3 Å². The van der Waals surface area contributed by atoms with Gasteiger partial charge in [-0.05, 0) is 64.4 Å². The maximum Gasteiger partial charge on any atom is 0.238 e. The van der Waals surface area contributed by atoms with E-state index < -0.39 is 0 Å². The first kappa shape index (κ1) is 32.4. The summed E-state index contributed by atoms with van der Waals surface area (Å²) in [6, 6.07) is 67.2. The molecule has 9 aromatic carbocycles. The SMILES string of the molecule is c1ccc(-c2nc(-c3ccccc3)nc(-n3c4ccccc4c4cc(-c5ccc6c7c5ccc5cccc(c57)n6-c5cccc6c5sc5ccccc56)ccc43)n2)cc1. The Balaban J connectivity index is 1.03. The van der Waals surface area contributed by atoms with Gasteiger partial charge in [0.1, 0.15) is 0 Å². The molecule has 0 spiro atoms. The Labute approximate surface area is 342 Å². The Hall–Kier alpha value is -7.67. The van der Waals surface area contributed by atoms with Crippen molar-refractivity contribution in [3.8, 4) is 45.5 Å². The highest BCUT2D eigenvalue weighted by molar-refractivity contribution is 7.26. The van der Waals surface area contributed by atoms with Crippen molar-refractivity contribution in [2.24, 2.45) is 0 Å². The van der Waals surface area contributed by atoms with Gasteiger partial charge in [-0.2, -0.15) is 9.97 Å². The molecule has 5 nitrogen and oxygen atoms in total. The summed E-state index contributed by atoms with van der Waals surface area (Å²) < 4.78 is 7.30. The van der Waals surface area contributed by atoms with E-state index in [1.54, 1.807) is 0 Å². The van der Waals surface area contributed by atoms with Crippen LogP contribution in [0.25, 0.3) is 120 Å². The summed E-state index contributed by atoms with van der Waals surface area (Å²) in [4.78, 5) is 15.2. The van der Waals surface area contributed by atoms with E-state index >= 15 is 0 Å². The lowest BCUT2D eigenvalue weighted by atomic mass is 9.94. The van der Waals surface area contributed by atoms with Gasteiger partial charge < -0.3 is 4.57 Å². The molecule has 0 fully saturated rings. The van der Waals surface area contributed by atoms with Crippen LogP contribution >= 0.6 is 11.3 Å². The van der Waals surface area contributed by atoms with Crippen LogP contribution in [0.4, 0.5) is 0 Å². The molecule has 4 heterocycles. The minimum Gasteiger partial charge on any atom is -0.308 e. The van der Waals surface area contributed by atoms with Crippen LogP contribution in [0.3, 0.4) is 0 Å². The standard InChI is InChI=1S/C53H31N5S/c1-3-13-33(14-4-1)51-54-52(34-15-5-2-6-16-34)56-53(55-51)58-42-21-9-7-18-37(42)41-31-35(26-29-43(41)58)36-28-30-45-49-39(36)27-25-32-17-11-22-44(48(32)49)57(45)46-23-12-20-40-38-19-8-10-24-47(38)59-50(40)46/h1-31H. The van der Waals surface area contributed by atoms with Crippen LogP contribution < -0.4 is 0 Å². The quantitative estimate of drug-likeness (QED) is 0.164. The first-order valence-corrected chi connectivity index (χ1v) is 20.7. The second-order valence-corrected chi connectivity index (χ2v) is 16.2. The Morgan fingerprint density at radius 2 is 1.02 bits per heavy atom. The van der Waals surface area contributed by atoms with E-state index in [1.807, 2.05) is 47.7 Å². The van der Waals surface area contributed by atoms with E-state index in [0.717, 1.165) is 32.9 Å². The second kappa shape index (κ2) is 12.4. The molecule has 0 atom stereocenters. The van der Waals surface area contributed by atoms with E-state index in [4.69, 9.17) is 15.0 Å². The van der Waals surface area contributed by atoms with Crippen molar-refractivity contribution >= 4 is 85.9 Å². The number of hydrogen-bond donors (Lipinski definition) is 0. The van der Waals surface area contributed by atoms with Gasteiger partial charge in [0.15, 0.2) is 11.6 Å². The molecular weight excluding hydrogens is 739 g/mol. The molecule has 4 aromatic heterocycles. The van der Waals surface area contributed by atoms with Crippen LogP contribution in [0.2, 0.25) is 0 Å². The van der Waals surface area contributed by atoms with Crippen molar-refractivity contribution in [3.05, 3.63) is 188 Å². The molecule has 0 amide bonds. The zero-order valence-electron chi connectivity index (χ0n) is 31.5. The monoisotopic (exact) mass is 769 g/mol. The molecule has 0 radical (unpaired) electrons. The van der Waals surface area contributed by atoms with Gasteiger partial charge >= 0.3 is 0 Å². The third-order valence-electron chi connectivity index (χ3n) is 12.0. The van der Waals surface area contributed by atoms with Crippen molar-refractivity contribution in [2.45, 2.75) is 0 Å². The Kier molecular flexibility index (Phi) is 6.82. The van der Waals surface area contributed by atoms with Crippen molar-refractivity contribution in [1.82, 2.24) is 24.1 Å². The third kappa shape index (κ3) is 4.75. The molecule has 6 heteroatoms. The number of fused-ring (bicyclic) bond motifs is 6. The molecule has 59 heavy (non-hydrogen) atoms. The van der Waals surface area contributed by atoms with Crippen LogP contribution in [0.5, 0.6) is 0 Å². The minimum atomic E-state index is 0.588. The summed E-state index contributed by atoms with van der Waals surface area (Å²) >= 11 is 1.88. The van der Waals surface area contributed by atoms with E-state index in [0.29, 0.717) is 17.6 Å². The third-order valence-corrected chi connectivity index (χ3v) is 13.2. The summed E-state index contributed by atoms with van der Waals surface area (Å²) in [7, 11) is 0. The largest absolute Gasteiger partial charge is 0.308 e. The number of nitrogens with zero attached hydrogens (tertiary/aromatic N) is 5. The van der Waals surface area contributed by atoms with E-state index in [-0.39, 0.29) is 0 Å². The molecule has 0 unspecified atom stereocenters. The van der Waals surface area contributed by atoms with Crippen molar-refractivity contribution in [3.63, 3.8) is 0 Å². The molecule has 0 aliphatic carbocycles. The Morgan fingerprint density at radius 1 is 0.373 bits per heavy atom. The van der Waals surface area contributed by atoms with Gasteiger partial charge in [-0.3, -0.25) is 4.57 Å². The van der Waals surface area contributed by atoms with Crippen molar-refractivity contribution in [2.75, 3.05) is 0 Å². The molecule has 274 valence electrons. The van der Waals surface area contributed by atoms with Gasteiger partial charge in [0.2, 0.25) is 5.95 Å². The fourth-order valence-corrected chi connectivity index (χ4v) is 10.6. The minimum absolute atomic E-state index is 0.588. The highest BCUT2D eigenvalue weighted by Crippen LogP contribution is 2.46. The van der Waals surface area contributed by atoms with Crippen LogP contribution in [0, 0.1) is 0 Å². The highest BCUT2D eigenvalue weighted by Gasteiger charge is 2.22. The maximum atomic E-state index is 5.14. The summed E-state index contributed by atoms with van der Waals surface area (Å²) in [5.74, 6) is 1.86. The number of para-hydroxylation sites is 1. The molecule has 13 aromatic rings. The summed E-state index contributed by atoms with van der Waals surface area (Å²) in [6.45, 7) is 0. The van der Waals surface area contributed by atoms with E-state index in [9.17, 15) is 0 Å². The average molecular weight is 770 g/mol. The normalized spacial score (nSPS) is 12.1. The van der Waals surface area contributed by atoms with Crippen molar-refractivity contribution in [1.29, 1.82) is 0 Å².